The van der Waals surface area contributed by atoms with E-state index in [4.69, 9.17) is 17.4 Å². The molecule has 0 aromatic rings. The second kappa shape index (κ2) is 5.13. The molecular formula is C15H20O4. The number of ketones is 1. The Kier molecular flexibility index (Phi) is 1.80. The molecule has 2 N–H and O–H groups in total. The molecule has 0 aromatic carbocycles. The standard InChI is InChI=1S/C15H20O4/c1-10(7-13(17)18)5-6-15(19)11(2)8-12(16)9-14(15,3)4/h5-8,19H,9H2,1-4H3,(H,17,18)/b6-5+,10-7-/t15-/m1/s1/i2D3,3D3,4D3. The van der Waals surface area contributed by atoms with Crippen LogP contribution in [0.15, 0.2) is 35.5 Å². The number of hydrogen-bond acceptors (Lipinski definition) is 3. The first-order chi connectivity index (χ1) is 12.3. The first-order valence-corrected chi connectivity index (χ1v) is 5.38. The third-order valence-corrected chi connectivity index (χ3v) is 2.74. The minimum atomic E-state index is -3.47. The first-order valence-electron chi connectivity index (χ1n) is 9.88. The number of aliphatic carboxylic acids is 1. The Morgan fingerprint density at radius 1 is 1.53 bits per heavy atom. The van der Waals surface area contributed by atoms with Crippen molar-refractivity contribution in [2.24, 2.45) is 5.41 Å². The Hall–Kier alpha value is -1.68. The summed E-state index contributed by atoms with van der Waals surface area (Å²) < 4.78 is 69.5. The van der Waals surface area contributed by atoms with Crippen LogP contribution in [0.3, 0.4) is 0 Å². The number of carbonyl (C=O) groups is 2. The van der Waals surface area contributed by atoms with Gasteiger partial charge in [-0.25, -0.2) is 4.79 Å². The molecule has 1 aliphatic rings. The van der Waals surface area contributed by atoms with Crippen molar-refractivity contribution >= 4 is 11.8 Å². The molecule has 104 valence electrons. The third-order valence-electron chi connectivity index (χ3n) is 2.74. The molecule has 19 heavy (non-hydrogen) atoms. The van der Waals surface area contributed by atoms with E-state index < -0.39 is 55.3 Å². The molecule has 1 aliphatic carbocycles. The average molecular weight is 273 g/mol. The molecule has 4 nitrogen and oxygen atoms in total. The Bertz CT molecular complexity index is 739. The van der Waals surface area contributed by atoms with Gasteiger partial charge in [0.2, 0.25) is 0 Å². The molecule has 4 heteroatoms. The van der Waals surface area contributed by atoms with E-state index in [2.05, 4.69) is 0 Å². The van der Waals surface area contributed by atoms with Crippen LogP contribution in [0.4, 0.5) is 0 Å². The quantitative estimate of drug-likeness (QED) is 0.611. The fourth-order valence-corrected chi connectivity index (χ4v) is 1.67. The molecule has 0 saturated heterocycles. The van der Waals surface area contributed by atoms with Crippen molar-refractivity contribution in [2.45, 2.75) is 39.5 Å². The zero-order valence-electron chi connectivity index (χ0n) is 19.2. The molecule has 0 unspecified atom stereocenters. The Morgan fingerprint density at radius 2 is 2.21 bits per heavy atom. The van der Waals surface area contributed by atoms with Gasteiger partial charge in [-0.15, -0.1) is 0 Å². The van der Waals surface area contributed by atoms with Crippen molar-refractivity contribution in [3.8, 4) is 0 Å². The van der Waals surface area contributed by atoms with E-state index in [9.17, 15) is 14.7 Å². The van der Waals surface area contributed by atoms with Crippen LogP contribution in [0.25, 0.3) is 0 Å². The summed E-state index contributed by atoms with van der Waals surface area (Å²) in [7, 11) is 0. The van der Waals surface area contributed by atoms with Crippen molar-refractivity contribution in [2.75, 3.05) is 0 Å². The van der Waals surface area contributed by atoms with Gasteiger partial charge >= 0.3 is 5.97 Å². The predicted octanol–water partition coefficient (Wildman–Crippen LogP) is 2.25. The number of allylic oxidation sites excluding steroid dienone is 3. The highest BCUT2D eigenvalue weighted by atomic mass is 16.4. The van der Waals surface area contributed by atoms with Crippen LogP contribution in [-0.4, -0.2) is 27.6 Å². The molecule has 0 fully saturated rings. The molecule has 1 atom stereocenters. The Morgan fingerprint density at radius 3 is 2.74 bits per heavy atom. The smallest absolute Gasteiger partial charge is 0.328 e. The lowest BCUT2D eigenvalue weighted by Crippen LogP contribution is -2.48. The van der Waals surface area contributed by atoms with E-state index >= 15 is 0 Å². The van der Waals surface area contributed by atoms with Crippen molar-refractivity contribution in [3.05, 3.63) is 35.5 Å². The summed E-state index contributed by atoms with van der Waals surface area (Å²) in [6, 6.07) is 0. The van der Waals surface area contributed by atoms with Gasteiger partial charge in [-0.2, -0.15) is 0 Å². The lowest BCUT2D eigenvalue weighted by atomic mass is 9.64. The van der Waals surface area contributed by atoms with Crippen LogP contribution >= 0.6 is 0 Å². The van der Waals surface area contributed by atoms with Gasteiger partial charge in [0.15, 0.2) is 5.78 Å². The van der Waals surface area contributed by atoms with Gasteiger partial charge in [-0.1, -0.05) is 19.8 Å². The van der Waals surface area contributed by atoms with Gasteiger partial charge in [-0.3, -0.25) is 4.79 Å². The summed E-state index contributed by atoms with van der Waals surface area (Å²) >= 11 is 0. The van der Waals surface area contributed by atoms with Crippen LogP contribution in [0, 0.1) is 5.41 Å². The maximum absolute atomic E-state index is 12.1. The van der Waals surface area contributed by atoms with Crippen molar-refractivity contribution in [3.63, 3.8) is 0 Å². The summed E-state index contributed by atoms with van der Waals surface area (Å²) in [6.45, 7) is -8.86. The molecule has 0 amide bonds. The number of carbonyl (C=O) groups excluding carboxylic acids is 1. The lowest BCUT2D eigenvalue weighted by Gasteiger charge is -2.43. The summed E-state index contributed by atoms with van der Waals surface area (Å²) in [5.41, 5.74) is -7.32. The monoisotopic (exact) mass is 273 g/mol. The van der Waals surface area contributed by atoms with E-state index in [1.54, 1.807) is 0 Å². The van der Waals surface area contributed by atoms with Crippen molar-refractivity contribution < 1.29 is 32.1 Å². The number of hydrogen-bond donors (Lipinski definition) is 2. The van der Waals surface area contributed by atoms with Gasteiger partial charge < -0.3 is 10.2 Å². The highest BCUT2D eigenvalue weighted by Gasteiger charge is 2.46. The number of carboxylic acids is 1. The third kappa shape index (κ3) is 3.20. The van der Waals surface area contributed by atoms with Gasteiger partial charge in [0.25, 0.3) is 0 Å². The average Bonchev–Trinajstić information content (AvgIpc) is 2.43. The molecule has 0 spiro atoms. The van der Waals surface area contributed by atoms with E-state index in [-0.39, 0.29) is 5.57 Å². The molecule has 0 radical (unpaired) electrons. The van der Waals surface area contributed by atoms with E-state index in [0.717, 1.165) is 6.08 Å². The maximum atomic E-state index is 12.1. The second-order valence-corrected chi connectivity index (χ2v) is 4.43. The topological polar surface area (TPSA) is 74.6 Å². The van der Waals surface area contributed by atoms with Gasteiger partial charge in [0, 0.05) is 30.2 Å². The Balaban J connectivity index is 3.98. The SMILES string of the molecule is [2H]C([2H])([2H])C1=CC(=O)CC(C([2H])([2H])[2H])(C([2H])([2H])[2H])[C@@]1(O)/C=C/C(C)=C\C(=O)O. The fraction of sp³-hybridized carbons (Fsp3) is 0.467. The van der Waals surface area contributed by atoms with Crippen LogP contribution in [0.5, 0.6) is 0 Å². The lowest BCUT2D eigenvalue weighted by molar-refractivity contribution is -0.131. The summed E-state index contributed by atoms with van der Waals surface area (Å²) in [5, 5.41) is 20.1. The highest BCUT2D eigenvalue weighted by molar-refractivity contribution is 5.92. The number of rotatable bonds is 3. The zero-order chi connectivity index (χ0) is 22.3. The molecule has 0 heterocycles. The summed E-state index contributed by atoms with van der Waals surface area (Å²) in [6.07, 6.45) is 1.62. The van der Waals surface area contributed by atoms with Crippen LogP contribution in [-0.2, 0) is 9.59 Å². The van der Waals surface area contributed by atoms with Crippen molar-refractivity contribution in [1.82, 2.24) is 0 Å². The molecule has 0 bridgehead atoms. The summed E-state index contributed by atoms with van der Waals surface area (Å²) in [5.74, 6) is -2.42. The molecule has 0 saturated carbocycles. The predicted molar refractivity (Wildman–Crippen MR) is 72.6 cm³/mol. The van der Waals surface area contributed by atoms with Crippen LogP contribution < -0.4 is 0 Å². The Labute approximate surface area is 125 Å². The molecule has 1 rings (SSSR count). The minimum Gasteiger partial charge on any atom is -0.478 e. The highest BCUT2D eigenvalue weighted by Crippen LogP contribution is 2.44. The molecular weight excluding hydrogens is 244 g/mol. The minimum absolute atomic E-state index is 0.0206. The largest absolute Gasteiger partial charge is 0.478 e. The van der Waals surface area contributed by atoms with Crippen molar-refractivity contribution in [1.29, 1.82) is 0 Å². The normalized spacial score (nSPS) is 36.5. The van der Waals surface area contributed by atoms with Gasteiger partial charge in [-0.05, 0) is 37.1 Å². The van der Waals surface area contributed by atoms with E-state index in [1.807, 2.05) is 0 Å². The molecule has 0 aliphatic heterocycles. The zero-order valence-corrected chi connectivity index (χ0v) is 10.2. The first kappa shape index (κ1) is 6.66. The van der Waals surface area contributed by atoms with E-state index in [0.29, 0.717) is 18.2 Å². The maximum Gasteiger partial charge on any atom is 0.328 e. The van der Waals surface area contributed by atoms with Gasteiger partial charge in [0.05, 0.1) is 0 Å². The summed E-state index contributed by atoms with van der Waals surface area (Å²) in [4.78, 5) is 22.9. The van der Waals surface area contributed by atoms with Gasteiger partial charge in [0.1, 0.15) is 5.60 Å². The second-order valence-electron chi connectivity index (χ2n) is 4.43. The fourth-order valence-electron chi connectivity index (χ4n) is 1.67. The molecule has 0 aromatic heterocycles. The number of carboxylic acid groups (broad SMARTS) is 1. The number of aliphatic hydroxyl groups is 1. The van der Waals surface area contributed by atoms with E-state index in [1.165, 1.54) is 6.92 Å². The van der Waals surface area contributed by atoms with Crippen LogP contribution in [0.1, 0.15) is 46.2 Å². The van der Waals surface area contributed by atoms with Crippen LogP contribution in [0.2, 0.25) is 0 Å².